The van der Waals surface area contributed by atoms with Crippen molar-refractivity contribution >= 4 is 51.6 Å². The van der Waals surface area contributed by atoms with Crippen LogP contribution in [-0.2, 0) is 43.9 Å². The summed E-state index contributed by atoms with van der Waals surface area (Å²) in [5, 5.41) is -1.52. The highest BCUT2D eigenvalue weighted by Gasteiger charge is 2.31. The molecule has 72 heavy (non-hydrogen) atoms. The summed E-state index contributed by atoms with van der Waals surface area (Å²) >= 11 is 0. The summed E-state index contributed by atoms with van der Waals surface area (Å²) in [6, 6.07) is 10.5. The summed E-state index contributed by atoms with van der Waals surface area (Å²) < 4.78 is 80.0. The van der Waals surface area contributed by atoms with Gasteiger partial charge in [0, 0.05) is 25.7 Å². The van der Waals surface area contributed by atoms with Crippen molar-refractivity contribution in [2.24, 2.45) is 0 Å². The molecule has 0 aliphatic heterocycles. The zero-order valence-corrected chi connectivity index (χ0v) is 45.8. The smallest absolute Gasteiger partial charge is 0.356 e. The molecule has 4 aromatic carbocycles. The maximum absolute atomic E-state index is 13.4. The predicted molar refractivity (Wildman–Crippen MR) is 282 cm³/mol. The van der Waals surface area contributed by atoms with E-state index in [1.807, 2.05) is 0 Å². The van der Waals surface area contributed by atoms with Crippen LogP contribution in [0.3, 0.4) is 0 Å². The Morgan fingerprint density at radius 2 is 0.472 bits per heavy atom. The summed E-state index contributed by atoms with van der Waals surface area (Å²) in [5.41, 5.74) is 1.95. The second-order valence-electron chi connectivity index (χ2n) is 18.9. The van der Waals surface area contributed by atoms with Gasteiger partial charge in [0.2, 0.25) is 0 Å². The molecule has 8 bridgehead atoms. The third-order valence-electron chi connectivity index (χ3n) is 12.8. The fourth-order valence-electron chi connectivity index (χ4n) is 9.04. The Balaban J connectivity index is 1.97. The van der Waals surface area contributed by atoms with E-state index in [0.29, 0.717) is 25.7 Å². The van der Waals surface area contributed by atoms with Crippen LogP contribution in [0.1, 0.15) is 175 Å². The van der Waals surface area contributed by atoms with E-state index in [0.717, 1.165) is 77.0 Å². The van der Waals surface area contributed by atoms with E-state index in [-0.39, 0.29) is 141 Å². The molecule has 16 nitrogen and oxygen atoms in total. The van der Waals surface area contributed by atoms with Gasteiger partial charge in [-0.1, -0.05) is 105 Å². The van der Waals surface area contributed by atoms with E-state index in [2.05, 4.69) is 27.7 Å². The summed E-state index contributed by atoms with van der Waals surface area (Å²) in [4.78, 5) is 86.8. The molecule has 0 spiro atoms. The Hall–Kier alpha value is -3.32. The maximum atomic E-state index is 13.4. The lowest BCUT2D eigenvalue weighted by molar-refractivity contribution is 0.293. The van der Waals surface area contributed by atoms with Gasteiger partial charge in [-0.25, -0.2) is 0 Å². The number of ether oxygens (including phenoxy) is 4. The molecule has 20 heteroatoms. The molecule has 0 aromatic heterocycles. The first-order chi connectivity index (χ1) is 34.1. The first kappa shape index (κ1) is 59.6. The molecule has 1 aliphatic carbocycles. The number of hydrogen-bond donors (Lipinski definition) is 8. The fourth-order valence-corrected chi connectivity index (χ4v) is 11.6. The zero-order valence-electron chi connectivity index (χ0n) is 42.2. The van der Waals surface area contributed by atoms with Gasteiger partial charge < -0.3 is 58.1 Å². The fraction of sp³-hybridized carbons (Fsp3) is 0.538. The maximum Gasteiger partial charge on any atom is 0.356 e. The Labute approximate surface area is 424 Å². The highest BCUT2D eigenvalue weighted by molar-refractivity contribution is 7.61. The van der Waals surface area contributed by atoms with Crippen molar-refractivity contribution in [3.05, 3.63) is 93.0 Å². The van der Waals surface area contributed by atoms with Gasteiger partial charge in [0.25, 0.3) is 0 Å². The molecule has 0 radical (unpaired) electrons. The average Bonchev–Trinajstić information content (AvgIpc) is 3.29. The summed E-state index contributed by atoms with van der Waals surface area (Å²) in [6.45, 7) is 9.04. The quantitative estimate of drug-likeness (QED) is 0.0171. The molecular formula is C52H76O16P4. The van der Waals surface area contributed by atoms with Crippen LogP contribution in [0, 0.1) is 0 Å². The summed E-state index contributed by atoms with van der Waals surface area (Å²) in [7, 11) is -20.2. The lowest BCUT2D eigenvalue weighted by Crippen LogP contribution is -2.18. The predicted octanol–water partition coefficient (Wildman–Crippen LogP) is 9.41. The molecule has 0 heterocycles. The second kappa shape index (κ2) is 27.5. The van der Waals surface area contributed by atoms with E-state index in [4.69, 9.17) is 18.9 Å². The molecule has 5 rings (SSSR count). The molecule has 1 aliphatic rings. The molecule has 400 valence electrons. The Morgan fingerprint density at radius 3 is 0.611 bits per heavy atom. The molecule has 0 saturated heterocycles. The van der Waals surface area contributed by atoms with Gasteiger partial charge in [-0.05, 0) is 119 Å². The van der Waals surface area contributed by atoms with E-state index >= 15 is 0 Å². The lowest BCUT2D eigenvalue weighted by atomic mass is 9.91. The van der Waals surface area contributed by atoms with E-state index in [1.54, 1.807) is 0 Å². The van der Waals surface area contributed by atoms with Crippen molar-refractivity contribution in [2.45, 2.75) is 156 Å². The van der Waals surface area contributed by atoms with Crippen LogP contribution in [0.4, 0.5) is 0 Å². The van der Waals surface area contributed by atoms with Crippen molar-refractivity contribution in [3.8, 4) is 23.0 Å². The largest absolute Gasteiger partial charge is 0.493 e. The van der Waals surface area contributed by atoms with E-state index in [9.17, 15) is 57.4 Å². The number of unbranched alkanes of at least 4 members (excludes halogenated alkanes) is 12. The summed E-state index contributed by atoms with van der Waals surface area (Å²) in [6.07, 6.45) is 12.4. The highest BCUT2D eigenvalue weighted by Crippen LogP contribution is 2.46. The van der Waals surface area contributed by atoms with Gasteiger partial charge in [0.05, 0.1) is 47.6 Å². The number of hydrogen-bond acceptors (Lipinski definition) is 8. The number of rotatable bonds is 28. The van der Waals surface area contributed by atoms with Crippen LogP contribution in [0.15, 0.2) is 48.5 Å². The third kappa shape index (κ3) is 17.4. The minimum atomic E-state index is -5.04. The van der Waals surface area contributed by atoms with Crippen molar-refractivity contribution in [3.63, 3.8) is 0 Å². The van der Waals surface area contributed by atoms with Crippen molar-refractivity contribution in [2.75, 3.05) is 26.4 Å². The van der Waals surface area contributed by atoms with Crippen molar-refractivity contribution in [1.29, 1.82) is 0 Å². The second-order valence-corrected chi connectivity index (χ2v) is 25.3. The molecule has 0 unspecified atom stereocenters. The van der Waals surface area contributed by atoms with E-state index in [1.165, 1.54) is 48.5 Å². The lowest BCUT2D eigenvalue weighted by Gasteiger charge is -2.25. The Kier molecular flexibility index (Phi) is 22.7. The van der Waals surface area contributed by atoms with Crippen molar-refractivity contribution < 1.29 is 76.4 Å². The third-order valence-corrected chi connectivity index (χ3v) is 16.5. The Morgan fingerprint density at radius 1 is 0.306 bits per heavy atom. The Bertz CT molecular complexity index is 2180. The SMILES string of the molecule is CCCCCCOc1c2cc(P(=O)(O)O)cc1Cc1cc(P(=O)(O)O)cc(c1OCCCCCC)Cc1cc(P(=O)(O)O)cc(c1OCCCCCC)Cc1cc(P(=O)(O)O)cc(c1OCCCCCC)C2. The van der Waals surface area contributed by atoms with Crippen LogP contribution >= 0.6 is 30.4 Å². The van der Waals surface area contributed by atoms with Gasteiger partial charge in [-0.15, -0.1) is 0 Å². The molecular weight excluding hydrogens is 1000 g/mol. The topological polar surface area (TPSA) is 267 Å². The zero-order chi connectivity index (χ0) is 52.7. The molecule has 0 fully saturated rings. The molecule has 4 aromatic rings. The molecule has 0 saturated carbocycles. The standard InChI is InChI=1S/C52H76O16P4/c1-5-9-13-17-21-65-49-37-25-39-31-46(70(56,57)58)33-41(50(39)66-22-18-14-10-6-2)27-43-35-48(72(62,63)64)36-44(52(43)68-24-20-16-12-8-4)28-42-34-47(71(59,60)61)32-40(51(42)67-23-19-15-11-7-3)26-38(49)30-45(29-37)69(53,54)55/h29-36H,5-28H2,1-4H3,(H2,53,54,55)(H2,56,57,58)(H2,59,60,61)(H2,62,63,64). The van der Waals surface area contributed by atoms with Crippen LogP contribution in [0.25, 0.3) is 0 Å². The van der Waals surface area contributed by atoms with Crippen LogP contribution in [-0.4, -0.2) is 65.6 Å². The van der Waals surface area contributed by atoms with Gasteiger partial charge >= 0.3 is 30.4 Å². The van der Waals surface area contributed by atoms with Crippen LogP contribution in [0.5, 0.6) is 23.0 Å². The molecule has 0 amide bonds. The average molecular weight is 1080 g/mol. The minimum Gasteiger partial charge on any atom is -0.493 e. The molecule has 0 atom stereocenters. The van der Waals surface area contributed by atoms with Gasteiger partial charge in [0.1, 0.15) is 23.0 Å². The molecule has 8 N–H and O–H groups in total. The normalized spacial score (nSPS) is 13.3. The number of fused-ring (bicyclic) bond motifs is 8. The van der Waals surface area contributed by atoms with Crippen LogP contribution in [0.2, 0.25) is 0 Å². The first-order valence-corrected chi connectivity index (χ1v) is 31.9. The van der Waals surface area contributed by atoms with Crippen LogP contribution < -0.4 is 40.2 Å². The monoisotopic (exact) mass is 1080 g/mol. The first-order valence-electron chi connectivity index (χ1n) is 25.5. The van der Waals surface area contributed by atoms with Gasteiger partial charge in [-0.2, -0.15) is 0 Å². The number of benzene rings is 4. The van der Waals surface area contributed by atoms with Gasteiger partial charge in [-0.3, -0.25) is 18.3 Å². The minimum absolute atomic E-state index is 0.191. The van der Waals surface area contributed by atoms with Gasteiger partial charge in [0.15, 0.2) is 0 Å². The highest BCUT2D eigenvalue weighted by atomic mass is 31.2. The van der Waals surface area contributed by atoms with Crippen molar-refractivity contribution in [1.82, 2.24) is 0 Å². The van der Waals surface area contributed by atoms with E-state index < -0.39 is 30.4 Å². The summed E-state index contributed by atoms with van der Waals surface area (Å²) in [5.74, 6) is 0.889.